The molecule has 6 nitrogen and oxygen atoms in total. The zero-order chi connectivity index (χ0) is 13.0. The van der Waals surface area contributed by atoms with E-state index >= 15 is 0 Å². The molecule has 0 atom stereocenters. The van der Waals surface area contributed by atoms with Crippen molar-refractivity contribution < 1.29 is 0 Å². The number of nitrogens with zero attached hydrogens (tertiary/aromatic N) is 4. The van der Waals surface area contributed by atoms with Crippen molar-refractivity contribution in [2.24, 2.45) is 4.99 Å². The predicted octanol–water partition coefficient (Wildman–Crippen LogP) is 1.77. The second-order valence-corrected chi connectivity index (χ2v) is 4.47. The van der Waals surface area contributed by atoms with Crippen LogP contribution in [0.15, 0.2) is 11.1 Å². The third kappa shape index (κ3) is 4.40. The van der Waals surface area contributed by atoms with Crippen molar-refractivity contribution in [3.8, 4) is 0 Å². The average molecular weight is 305 g/mol. The van der Waals surface area contributed by atoms with Crippen LogP contribution in [0.25, 0.3) is 0 Å². The third-order valence-corrected chi connectivity index (χ3v) is 2.70. The van der Waals surface area contributed by atoms with E-state index in [4.69, 9.17) is 11.6 Å². The van der Waals surface area contributed by atoms with Gasteiger partial charge < -0.3 is 15.5 Å². The zero-order valence-corrected chi connectivity index (χ0v) is 12.6. The molecule has 2 N–H and O–H groups in total. The van der Waals surface area contributed by atoms with Gasteiger partial charge in [0.2, 0.25) is 5.95 Å². The molecule has 8 heteroatoms. The Hall–Kier alpha value is -1.27. The molecular weight excluding hydrogens is 287 g/mol. The van der Waals surface area contributed by atoms with E-state index in [1.165, 1.54) is 0 Å². The molecule has 0 aromatic carbocycles. The van der Waals surface area contributed by atoms with E-state index in [-0.39, 0.29) is 12.4 Å². The quantitative estimate of drug-likeness (QED) is 0.830. The average Bonchev–Trinajstić information content (AvgIpc) is 2.81. The molecule has 0 saturated carbocycles. The van der Waals surface area contributed by atoms with Crippen LogP contribution >= 0.6 is 24.0 Å². The van der Waals surface area contributed by atoms with Crippen LogP contribution in [0.1, 0.15) is 13.3 Å². The number of hydrogen-bond acceptors (Lipinski definition) is 6. The number of nitrogens with one attached hydrogen (secondary N) is 2. The Bertz CT molecular complexity index is 451. The Kier molecular flexibility index (Phi) is 6.11. The van der Waals surface area contributed by atoms with Gasteiger partial charge in [-0.15, -0.1) is 12.4 Å². The first-order valence-corrected chi connectivity index (χ1v) is 6.38. The van der Waals surface area contributed by atoms with Gasteiger partial charge in [-0.3, -0.25) is 4.99 Å². The summed E-state index contributed by atoms with van der Waals surface area (Å²) < 4.78 is 0. The molecule has 1 aliphatic rings. The van der Waals surface area contributed by atoms with Crippen molar-refractivity contribution in [2.45, 2.75) is 13.3 Å². The highest BCUT2D eigenvalue weighted by Gasteiger charge is 2.10. The number of guanidine groups is 1. The van der Waals surface area contributed by atoms with Gasteiger partial charge in [-0.25, -0.2) is 4.98 Å². The van der Waals surface area contributed by atoms with Gasteiger partial charge in [0.05, 0.1) is 6.54 Å². The van der Waals surface area contributed by atoms with Crippen LogP contribution in [-0.2, 0) is 0 Å². The molecule has 0 aliphatic carbocycles. The van der Waals surface area contributed by atoms with Gasteiger partial charge in [-0.05, 0) is 6.42 Å². The van der Waals surface area contributed by atoms with Crippen molar-refractivity contribution >= 4 is 41.7 Å². The summed E-state index contributed by atoms with van der Waals surface area (Å²) in [5, 5.41) is 6.64. The minimum Gasteiger partial charge on any atom is -0.354 e. The number of aliphatic imine (C=N–C) groups is 1. The lowest BCUT2D eigenvalue weighted by molar-refractivity contribution is 0.820. The second kappa shape index (κ2) is 7.35. The molecule has 1 aromatic heterocycles. The Labute approximate surface area is 124 Å². The van der Waals surface area contributed by atoms with Crippen molar-refractivity contribution in [1.29, 1.82) is 0 Å². The normalized spacial score (nSPS) is 13.3. The van der Waals surface area contributed by atoms with Gasteiger partial charge in [0, 0.05) is 26.2 Å². The lowest BCUT2D eigenvalue weighted by atomic mass is 10.4. The summed E-state index contributed by atoms with van der Waals surface area (Å²) in [6.07, 6.45) is 1.03. The Morgan fingerprint density at radius 2 is 2.26 bits per heavy atom. The van der Waals surface area contributed by atoms with Crippen molar-refractivity contribution in [3.05, 3.63) is 11.2 Å². The highest BCUT2D eigenvalue weighted by molar-refractivity contribution is 6.29. The number of rotatable bonds is 4. The molecule has 0 unspecified atom stereocenters. The number of anilines is 2. The first-order chi connectivity index (χ1) is 8.69. The van der Waals surface area contributed by atoms with E-state index in [2.05, 4.69) is 32.5 Å². The van der Waals surface area contributed by atoms with Gasteiger partial charge in [-0.1, -0.05) is 18.5 Å². The fraction of sp³-hybridized carbons (Fsp3) is 0.545. The summed E-state index contributed by atoms with van der Waals surface area (Å²) in [7, 11) is 1.95. The molecular formula is C11H18Cl2N6. The standard InChI is InChI=1S/C11H17ClN6.ClH/c1-3-6-18(2)11-15-8(12)7-9(17-11)16-10-13-4-5-14-10;/h7H,3-6H2,1-2H3,(H2,13,14,15,16,17);1H. The SMILES string of the molecule is CCCN(C)c1nc(Cl)cc(NC2=NCCN2)n1.Cl. The highest BCUT2D eigenvalue weighted by atomic mass is 35.5. The maximum atomic E-state index is 6.00. The van der Waals surface area contributed by atoms with Crippen LogP contribution in [0.5, 0.6) is 0 Å². The van der Waals surface area contributed by atoms with E-state index in [0.29, 0.717) is 16.9 Å². The van der Waals surface area contributed by atoms with Crippen LogP contribution in [-0.4, -0.2) is 42.6 Å². The summed E-state index contributed by atoms with van der Waals surface area (Å²) >= 11 is 6.00. The highest BCUT2D eigenvalue weighted by Crippen LogP contribution is 2.16. The molecule has 1 aromatic rings. The fourth-order valence-electron chi connectivity index (χ4n) is 1.68. The van der Waals surface area contributed by atoms with E-state index in [0.717, 1.165) is 32.0 Å². The van der Waals surface area contributed by atoms with E-state index in [9.17, 15) is 0 Å². The summed E-state index contributed by atoms with van der Waals surface area (Å²) in [4.78, 5) is 14.8. The van der Waals surface area contributed by atoms with Gasteiger partial charge >= 0.3 is 0 Å². The molecule has 0 saturated heterocycles. The summed E-state index contributed by atoms with van der Waals surface area (Å²) in [6.45, 7) is 4.63. The lowest BCUT2D eigenvalue weighted by Gasteiger charge is -2.17. The lowest BCUT2D eigenvalue weighted by Crippen LogP contribution is -2.27. The number of hydrogen-bond donors (Lipinski definition) is 2. The first kappa shape index (κ1) is 15.8. The van der Waals surface area contributed by atoms with E-state index in [1.807, 2.05) is 11.9 Å². The topological polar surface area (TPSA) is 65.4 Å². The number of halogens is 2. The molecule has 2 heterocycles. The van der Waals surface area contributed by atoms with Crippen molar-refractivity contribution in [1.82, 2.24) is 15.3 Å². The molecule has 0 amide bonds. The third-order valence-electron chi connectivity index (χ3n) is 2.50. The molecule has 0 bridgehead atoms. The van der Waals surface area contributed by atoms with Gasteiger partial charge in [0.1, 0.15) is 11.0 Å². The Morgan fingerprint density at radius 3 is 2.89 bits per heavy atom. The van der Waals surface area contributed by atoms with E-state index < -0.39 is 0 Å². The minimum absolute atomic E-state index is 0. The summed E-state index contributed by atoms with van der Waals surface area (Å²) in [5.74, 6) is 2.00. The zero-order valence-electron chi connectivity index (χ0n) is 11.0. The Balaban J connectivity index is 0.00000180. The van der Waals surface area contributed by atoms with Crippen LogP contribution in [0, 0.1) is 0 Å². The van der Waals surface area contributed by atoms with Crippen LogP contribution in [0.2, 0.25) is 5.15 Å². The summed E-state index contributed by atoms with van der Waals surface area (Å²) in [6, 6.07) is 1.69. The minimum atomic E-state index is 0. The second-order valence-electron chi connectivity index (χ2n) is 4.08. The van der Waals surface area contributed by atoms with Gasteiger partial charge in [0.25, 0.3) is 0 Å². The van der Waals surface area contributed by atoms with Gasteiger partial charge in [0.15, 0.2) is 5.96 Å². The maximum absolute atomic E-state index is 6.00. The van der Waals surface area contributed by atoms with Crippen molar-refractivity contribution in [2.75, 3.05) is 36.9 Å². The predicted molar refractivity (Wildman–Crippen MR) is 81.8 cm³/mol. The largest absolute Gasteiger partial charge is 0.354 e. The molecule has 0 spiro atoms. The van der Waals surface area contributed by atoms with Crippen LogP contribution < -0.4 is 15.5 Å². The number of aromatic nitrogens is 2. The smallest absolute Gasteiger partial charge is 0.228 e. The van der Waals surface area contributed by atoms with Crippen LogP contribution in [0.3, 0.4) is 0 Å². The maximum Gasteiger partial charge on any atom is 0.228 e. The first-order valence-electron chi connectivity index (χ1n) is 6.00. The van der Waals surface area contributed by atoms with Crippen molar-refractivity contribution in [3.63, 3.8) is 0 Å². The molecule has 106 valence electrons. The van der Waals surface area contributed by atoms with E-state index in [1.54, 1.807) is 6.07 Å². The monoisotopic (exact) mass is 304 g/mol. The molecule has 0 radical (unpaired) electrons. The molecule has 2 rings (SSSR count). The van der Waals surface area contributed by atoms with Gasteiger partial charge in [-0.2, -0.15) is 4.98 Å². The fourth-order valence-corrected chi connectivity index (χ4v) is 1.86. The Morgan fingerprint density at radius 1 is 1.47 bits per heavy atom. The summed E-state index contributed by atoms with van der Waals surface area (Å²) in [5.41, 5.74) is 0. The van der Waals surface area contributed by atoms with Crippen LogP contribution in [0.4, 0.5) is 11.8 Å². The molecule has 19 heavy (non-hydrogen) atoms. The molecule has 0 fully saturated rings. The molecule has 1 aliphatic heterocycles.